The average Bonchev–Trinajstić information content (AvgIpc) is 3.35. The fourth-order valence-electron chi connectivity index (χ4n) is 6.15. The quantitative estimate of drug-likeness (QED) is 0.0147. The first kappa shape index (κ1) is 51.1. The smallest absolute Gasteiger partial charge is 0.342 e. The molecule has 0 saturated carbocycles. The Morgan fingerprint density at radius 3 is 1.60 bits per heavy atom. The lowest BCUT2D eigenvalue weighted by Gasteiger charge is -2.13. The number of ether oxygens (including phenoxy) is 5. The standard InChI is InChI=1S/C56H54O9S2/c1-5-53(57)61-31-9-7-11-35-66-49-26-19-42(20-27-49)13-15-44-17-24-48-38-46(18-25-47(48)37-44)40-65-52-30-23-45(39-51(52)56(60)64-34-33-63-55(59)41(3)4)16-14-43-21-28-50(29-22-43)67-36-12-8-10-32-62-54(58)6-2/h5-6,17-30,37-39H,1-3,7-12,31-36,40H2,4H3. The molecule has 0 aliphatic heterocycles. The first-order valence-corrected chi connectivity index (χ1v) is 23.9. The summed E-state index contributed by atoms with van der Waals surface area (Å²) < 4.78 is 26.9. The van der Waals surface area contributed by atoms with Gasteiger partial charge in [0.25, 0.3) is 0 Å². The molecule has 0 amide bonds. The summed E-state index contributed by atoms with van der Waals surface area (Å²) in [6, 6.07) is 33.5. The van der Waals surface area contributed by atoms with Crippen LogP contribution in [0.1, 0.15) is 83.6 Å². The molecule has 0 aliphatic carbocycles. The topological polar surface area (TPSA) is 114 Å². The fraction of sp³-hybridized carbons (Fsp3) is 0.250. The van der Waals surface area contributed by atoms with E-state index in [0.29, 0.717) is 24.5 Å². The molecule has 344 valence electrons. The van der Waals surface area contributed by atoms with Gasteiger partial charge in [-0.3, -0.25) is 0 Å². The van der Waals surface area contributed by atoms with E-state index in [2.05, 4.69) is 61.6 Å². The van der Waals surface area contributed by atoms with Crippen LogP contribution in [-0.2, 0) is 39.9 Å². The molecule has 5 aromatic rings. The molecule has 0 fully saturated rings. The van der Waals surface area contributed by atoms with Gasteiger partial charge in [-0.2, -0.15) is 0 Å². The third-order valence-corrected chi connectivity index (χ3v) is 11.9. The number of thioether (sulfide) groups is 2. The molecule has 0 unspecified atom stereocenters. The van der Waals surface area contributed by atoms with Crippen LogP contribution in [0.2, 0.25) is 0 Å². The van der Waals surface area contributed by atoms with Gasteiger partial charge in [-0.25, -0.2) is 19.2 Å². The highest BCUT2D eigenvalue weighted by Gasteiger charge is 2.16. The normalized spacial score (nSPS) is 10.3. The monoisotopic (exact) mass is 934 g/mol. The molecule has 0 aromatic heterocycles. The van der Waals surface area contributed by atoms with Gasteiger partial charge in [0.15, 0.2) is 0 Å². The van der Waals surface area contributed by atoms with Crippen LogP contribution in [0.4, 0.5) is 0 Å². The molecule has 9 nitrogen and oxygen atoms in total. The van der Waals surface area contributed by atoms with Gasteiger partial charge in [0.2, 0.25) is 0 Å². The number of rotatable bonds is 24. The molecule has 0 saturated heterocycles. The van der Waals surface area contributed by atoms with Crippen molar-refractivity contribution >= 4 is 58.2 Å². The van der Waals surface area contributed by atoms with Crippen molar-refractivity contribution in [2.45, 2.75) is 61.8 Å². The minimum Gasteiger partial charge on any atom is -0.488 e. The lowest BCUT2D eigenvalue weighted by molar-refractivity contribution is -0.140. The molecular formula is C56H54O9S2. The Labute approximate surface area is 402 Å². The number of carbonyl (C=O) groups is 4. The molecule has 0 spiro atoms. The molecule has 67 heavy (non-hydrogen) atoms. The highest BCUT2D eigenvalue weighted by atomic mass is 32.2. The van der Waals surface area contributed by atoms with Crippen LogP contribution in [0.15, 0.2) is 150 Å². The maximum Gasteiger partial charge on any atom is 0.342 e. The van der Waals surface area contributed by atoms with Crippen molar-refractivity contribution in [2.24, 2.45) is 0 Å². The average molecular weight is 935 g/mol. The maximum absolute atomic E-state index is 13.4. The third kappa shape index (κ3) is 18.5. The highest BCUT2D eigenvalue weighted by Crippen LogP contribution is 2.26. The molecule has 0 heterocycles. The number of esters is 4. The number of hydrogen-bond donors (Lipinski definition) is 0. The molecule has 0 bridgehead atoms. The molecule has 0 radical (unpaired) electrons. The predicted octanol–water partition coefficient (Wildman–Crippen LogP) is 11.5. The highest BCUT2D eigenvalue weighted by molar-refractivity contribution is 7.99. The Morgan fingerprint density at radius 1 is 0.537 bits per heavy atom. The van der Waals surface area contributed by atoms with Crippen molar-refractivity contribution in [3.8, 4) is 29.4 Å². The Morgan fingerprint density at radius 2 is 1.03 bits per heavy atom. The summed E-state index contributed by atoms with van der Waals surface area (Å²) in [5.41, 5.74) is 4.59. The van der Waals surface area contributed by atoms with Crippen LogP contribution in [0, 0.1) is 23.7 Å². The summed E-state index contributed by atoms with van der Waals surface area (Å²) in [5.74, 6) is 13.2. The van der Waals surface area contributed by atoms with Crippen LogP contribution in [0.3, 0.4) is 0 Å². The summed E-state index contributed by atoms with van der Waals surface area (Å²) in [7, 11) is 0. The zero-order chi connectivity index (χ0) is 47.6. The maximum atomic E-state index is 13.4. The summed E-state index contributed by atoms with van der Waals surface area (Å²) in [5, 5.41) is 2.05. The summed E-state index contributed by atoms with van der Waals surface area (Å²) in [6.45, 7) is 12.7. The lowest BCUT2D eigenvalue weighted by Crippen LogP contribution is -2.15. The summed E-state index contributed by atoms with van der Waals surface area (Å²) in [6.07, 6.45) is 8.02. The van der Waals surface area contributed by atoms with Crippen LogP contribution >= 0.6 is 23.5 Å². The van der Waals surface area contributed by atoms with Crippen molar-refractivity contribution in [2.75, 3.05) is 37.9 Å². The minimum absolute atomic E-state index is 0.118. The molecule has 0 aliphatic rings. The largest absolute Gasteiger partial charge is 0.488 e. The first-order valence-electron chi connectivity index (χ1n) is 22.0. The SMILES string of the molecule is C=CC(=O)OCCCCCSc1ccc(C#Cc2ccc(OCc3ccc4cc(C#Cc5ccc(SCCCCCOC(=O)C=C)cc5)ccc4c3)c(C(=O)OCCOC(=O)C(=C)C)c2)cc1. The van der Waals surface area contributed by atoms with Crippen LogP contribution in [0.5, 0.6) is 5.75 Å². The van der Waals surface area contributed by atoms with Crippen LogP contribution in [-0.4, -0.2) is 61.8 Å². The lowest BCUT2D eigenvalue weighted by atomic mass is 10.0. The second-order valence-electron chi connectivity index (χ2n) is 15.1. The molecule has 5 rings (SSSR count). The van der Waals surface area contributed by atoms with Gasteiger partial charge in [0.05, 0.1) is 13.2 Å². The van der Waals surface area contributed by atoms with Crippen molar-refractivity contribution in [3.63, 3.8) is 0 Å². The second kappa shape index (κ2) is 28.2. The van der Waals surface area contributed by atoms with E-state index in [1.54, 1.807) is 48.6 Å². The molecule has 5 aromatic carbocycles. The van der Waals surface area contributed by atoms with Crippen molar-refractivity contribution in [1.29, 1.82) is 0 Å². The summed E-state index contributed by atoms with van der Waals surface area (Å²) >= 11 is 3.55. The van der Waals surface area contributed by atoms with E-state index < -0.39 is 17.9 Å². The Hall–Kier alpha value is -6.92. The number of unbranched alkanes of at least 4 members (excludes halogenated alkanes) is 4. The van der Waals surface area contributed by atoms with E-state index in [0.717, 1.165) is 88.0 Å². The zero-order valence-electron chi connectivity index (χ0n) is 37.8. The van der Waals surface area contributed by atoms with Gasteiger partial charge in [-0.1, -0.05) is 61.6 Å². The molecule has 0 N–H and O–H groups in total. The van der Waals surface area contributed by atoms with E-state index in [4.69, 9.17) is 23.7 Å². The van der Waals surface area contributed by atoms with E-state index >= 15 is 0 Å². The van der Waals surface area contributed by atoms with E-state index in [1.807, 2.05) is 66.7 Å². The molecule has 11 heteroatoms. The van der Waals surface area contributed by atoms with Crippen molar-refractivity contribution in [1.82, 2.24) is 0 Å². The third-order valence-electron chi connectivity index (χ3n) is 9.74. The van der Waals surface area contributed by atoms with Crippen molar-refractivity contribution < 1.29 is 42.9 Å². The zero-order valence-corrected chi connectivity index (χ0v) is 39.4. The number of benzene rings is 5. The second-order valence-corrected chi connectivity index (χ2v) is 17.4. The van der Waals surface area contributed by atoms with Gasteiger partial charge in [0, 0.05) is 49.8 Å². The Bertz CT molecular complexity index is 2650. The van der Waals surface area contributed by atoms with Gasteiger partial charge >= 0.3 is 23.9 Å². The van der Waals surface area contributed by atoms with Gasteiger partial charge in [-0.05, 0) is 158 Å². The molecular weight excluding hydrogens is 881 g/mol. The van der Waals surface area contributed by atoms with Crippen LogP contribution in [0.25, 0.3) is 10.8 Å². The van der Waals surface area contributed by atoms with Crippen LogP contribution < -0.4 is 4.74 Å². The number of carbonyl (C=O) groups excluding carboxylic acids is 4. The van der Waals surface area contributed by atoms with E-state index in [1.165, 1.54) is 17.0 Å². The summed E-state index contributed by atoms with van der Waals surface area (Å²) in [4.78, 5) is 49.9. The van der Waals surface area contributed by atoms with Gasteiger partial charge in [0.1, 0.15) is 31.1 Å². The Kier molecular flexibility index (Phi) is 21.5. The van der Waals surface area contributed by atoms with E-state index in [9.17, 15) is 19.2 Å². The van der Waals surface area contributed by atoms with Gasteiger partial charge in [-0.15, -0.1) is 23.5 Å². The first-order chi connectivity index (χ1) is 32.6. The number of fused-ring (bicyclic) bond motifs is 1. The number of hydrogen-bond acceptors (Lipinski definition) is 11. The predicted molar refractivity (Wildman–Crippen MR) is 267 cm³/mol. The van der Waals surface area contributed by atoms with Crippen molar-refractivity contribution in [3.05, 3.63) is 174 Å². The Balaban J connectivity index is 1.17. The van der Waals surface area contributed by atoms with E-state index in [-0.39, 0.29) is 36.9 Å². The van der Waals surface area contributed by atoms with Gasteiger partial charge < -0.3 is 23.7 Å². The fourth-order valence-corrected chi connectivity index (χ4v) is 7.97. The minimum atomic E-state index is -0.639. The molecule has 0 atom stereocenters.